The van der Waals surface area contributed by atoms with E-state index in [4.69, 9.17) is 28.3 Å². The molecule has 1 atom stereocenters. The maximum Gasteiger partial charge on any atom is 0.0681 e. The fraction of sp³-hybridized carbons (Fsp3) is 0.250. The van der Waals surface area contributed by atoms with Crippen molar-refractivity contribution in [3.05, 3.63) is 69.2 Å². The van der Waals surface area contributed by atoms with Crippen molar-refractivity contribution >= 4 is 23.2 Å². The number of benzene rings is 2. The molecule has 0 spiro atoms. The number of halogens is 2. The van der Waals surface area contributed by atoms with E-state index in [-0.39, 0.29) is 12.6 Å². The fourth-order valence-corrected chi connectivity index (χ4v) is 2.32. The molecular weight excluding hydrogens is 293 g/mol. The van der Waals surface area contributed by atoms with Crippen molar-refractivity contribution in [1.82, 2.24) is 5.32 Å². The molecule has 0 fully saturated rings. The smallest absolute Gasteiger partial charge is 0.0681 e. The molecule has 0 aromatic heterocycles. The monoisotopic (exact) mass is 309 g/mol. The van der Waals surface area contributed by atoms with Crippen LogP contribution in [0, 0.1) is 0 Å². The van der Waals surface area contributed by atoms with Crippen LogP contribution < -0.4 is 5.32 Å². The summed E-state index contributed by atoms with van der Waals surface area (Å²) >= 11 is 11.9. The lowest BCUT2D eigenvalue weighted by Gasteiger charge is -2.15. The Bertz CT molecular complexity index is 586. The zero-order valence-corrected chi connectivity index (χ0v) is 12.7. The van der Waals surface area contributed by atoms with Crippen molar-refractivity contribution in [2.75, 3.05) is 0 Å². The van der Waals surface area contributed by atoms with E-state index in [9.17, 15) is 0 Å². The molecule has 0 saturated heterocycles. The second kappa shape index (κ2) is 7.09. The summed E-state index contributed by atoms with van der Waals surface area (Å²) in [5.74, 6) is 0. The minimum absolute atomic E-state index is 0.0657. The molecule has 0 saturated carbocycles. The van der Waals surface area contributed by atoms with Crippen molar-refractivity contribution in [2.45, 2.75) is 26.1 Å². The number of aliphatic hydroxyl groups is 1. The van der Waals surface area contributed by atoms with Gasteiger partial charge in [0.05, 0.1) is 16.7 Å². The van der Waals surface area contributed by atoms with Crippen LogP contribution in [0.2, 0.25) is 10.0 Å². The predicted molar refractivity (Wildman–Crippen MR) is 84.1 cm³/mol. The molecule has 2 aromatic rings. The highest BCUT2D eigenvalue weighted by Crippen LogP contribution is 2.25. The number of nitrogens with one attached hydrogen (secondary N) is 1. The molecule has 2 N–H and O–H groups in total. The summed E-state index contributed by atoms with van der Waals surface area (Å²) in [6.45, 7) is 2.88. The molecule has 0 amide bonds. The van der Waals surface area contributed by atoms with E-state index >= 15 is 0 Å². The van der Waals surface area contributed by atoms with Crippen molar-refractivity contribution in [3.8, 4) is 0 Å². The van der Waals surface area contributed by atoms with E-state index in [0.717, 1.165) is 23.2 Å². The maximum atomic E-state index is 9.13. The normalized spacial score (nSPS) is 12.4. The predicted octanol–water partition coefficient (Wildman–Crippen LogP) is 4.34. The Hall–Kier alpha value is -1.06. The summed E-state index contributed by atoms with van der Waals surface area (Å²) in [5, 5.41) is 13.7. The van der Waals surface area contributed by atoms with Gasteiger partial charge in [-0.15, -0.1) is 0 Å². The molecule has 20 heavy (non-hydrogen) atoms. The van der Waals surface area contributed by atoms with Crippen molar-refractivity contribution in [1.29, 1.82) is 0 Å². The van der Waals surface area contributed by atoms with Gasteiger partial charge in [0.15, 0.2) is 0 Å². The zero-order chi connectivity index (χ0) is 14.5. The summed E-state index contributed by atoms with van der Waals surface area (Å²) < 4.78 is 0. The van der Waals surface area contributed by atoms with Crippen LogP contribution in [-0.2, 0) is 13.2 Å². The third kappa shape index (κ3) is 3.97. The molecule has 2 nitrogen and oxygen atoms in total. The van der Waals surface area contributed by atoms with E-state index < -0.39 is 0 Å². The third-order valence-corrected chi connectivity index (χ3v) is 3.97. The molecule has 0 bridgehead atoms. The summed E-state index contributed by atoms with van der Waals surface area (Å²) in [6, 6.07) is 13.7. The highest BCUT2D eigenvalue weighted by Gasteiger charge is 2.07. The summed E-state index contributed by atoms with van der Waals surface area (Å²) in [6.07, 6.45) is 0. The van der Waals surface area contributed by atoms with Crippen LogP contribution in [-0.4, -0.2) is 5.11 Å². The first kappa shape index (κ1) is 15.3. The Labute approximate surface area is 129 Å². The van der Waals surface area contributed by atoms with Gasteiger partial charge in [0.1, 0.15) is 0 Å². The topological polar surface area (TPSA) is 32.3 Å². The van der Waals surface area contributed by atoms with Crippen LogP contribution in [0.15, 0.2) is 42.5 Å². The Morgan fingerprint density at radius 1 is 1.05 bits per heavy atom. The van der Waals surface area contributed by atoms with Gasteiger partial charge in [0, 0.05) is 12.6 Å². The van der Waals surface area contributed by atoms with Gasteiger partial charge in [-0.05, 0) is 35.7 Å². The lowest BCUT2D eigenvalue weighted by atomic mass is 10.1. The molecule has 0 aliphatic rings. The van der Waals surface area contributed by atoms with Gasteiger partial charge in [-0.3, -0.25) is 0 Å². The van der Waals surface area contributed by atoms with Gasteiger partial charge in [-0.1, -0.05) is 53.5 Å². The van der Waals surface area contributed by atoms with Crippen LogP contribution in [0.25, 0.3) is 0 Å². The molecule has 0 heterocycles. The minimum Gasteiger partial charge on any atom is -0.392 e. The van der Waals surface area contributed by atoms with Crippen molar-refractivity contribution in [2.24, 2.45) is 0 Å². The summed E-state index contributed by atoms with van der Waals surface area (Å²) in [7, 11) is 0. The number of hydrogen-bond acceptors (Lipinski definition) is 2. The molecule has 0 aliphatic carbocycles. The maximum absolute atomic E-state index is 9.13. The standard InChI is InChI=1S/C16H17Cl2NO/c1-11(14-5-6-15(17)16(18)8-14)19-9-12-3-2-4-13(7-12)10-20/h2-8,11,19-20H,9-10H2,1H3. The van der Waals surface area contributed by atoms with Gasteiger partial charge < -0.3 is 10.4 Å². The molecule has 106 valence electrons. The van der Waals surface area contributed by atoms with E-state index in [0.29, 0.717) is 10.0 Å². The van der Waals surface area contributed by atoms with Crippen LogP contribution in [0.5, 0.6) is 0 Å². The van der Waals surface area contributed by atoms with Crippen molar-refractivity contribution in [3.63, 3.8) is 0 Å². The average Bonchev–Trinajstić information content (AvgIpc) is 2.47. The fourth-order valence-electron chi connectivity index (χ4n) is 2.01. The Morgan fingerprint density at radius 2 is 1.80 bits per heavy atom. The second-order valence-corrected chi connectivity index (χ2v) is 5.57. The molecule has 0 radical (unpaired) electrons. The molecule has 4 heteroatoms. The number of rotatable bonds is 5. The number of hydrogen-bond donors (Lipinski definition) is 2. The SMILES string of the molecule is CC(NCc1cccc(CO)c1)c1ccc(Cl)c(Cl)c1. The third-order valence-electron chi connectivity index (χ3n) is 3.23. The number of aliphatic hydroxyl groups excluding tert-OH is 1. The van der Waals surface area contributed by atoms with Crippen molar-refractivity contribution < 1.29 is 5.11 Å². The van der Waals surface area contributed by atoms with Gasteiger partial charge >= 0.3 is 0 Å². The average molecular weight is 310 g/mol. The molecule has 2 aromatic carbocycles. The van der Waals surface area contributed by atoms with Gasteiger partial charge in [0.25, 0.3) is 0 Å². The van der Waals surface area contributed by atoms with Gasteiger partial charge in [-0.2, -0.15) is 0 Å². The Kier molecular flexibility index (Phi) is 5.44. The zero-order valence-electron chi connectivity index (χ0n) is 11.2. The Balaban J connectivity index is 2.00. The van der Waals surface area contributed by atoms with Gasteiger partial charge in [0.2, 0.25) is 0 Å². The first-order chi connectivity index (χ1) is 9.60. The van der Waals surface area contributed by atoms with Crippen LogP contribution in [0.1, 0.15) is 29.7 Å². The quantitative estimate of drug-likeness (QED) is 0.861. The first-order valence-electron chi connectivity index (χ1n) is 6.47. The van der Waals surface area contributed by atoms with E-state index in [1.54, 1.807) is 0 Å². The lowest BCUT2D eigenvalue weighted by Crippen LogP contribution is -2.18. The highest BCUT2D eigenvalue weighted by atomic mass is 35.5. The van der Waals surface area contributed by atoms with Crippen LogP contribution in [0.3, 0.4) is 0 Å². The molecular formula is C16H17Cl2NO. The van der Waals surface area contributed by atoms with E-state index in [1.807, 2.05) is 42.5 Å². The van der Waals surface area contributed by atoms with Crippen LogP contribution in [0.4, 0.5) is 0 Å². The van der Waals surface area contributed by atoms with E-state index in [2.05, 4.69) is 12.2 Å². The highest BCUT2D eigenvalue weighted by molar-refractivity contribution is 6.42. The van der Waals surface area contributed by atoms with Gasteiger partial charge in [-0.25, -0.2) is 0 Å². The van der Waals surface area contributed by atoms with E-state index in [1.165, 1.54) is 0 Å². The minimum atomic E-state index is 0.0657. The second-order valence-electron chi connectivity index (χ2n) is 4.75. The molecule has 0 aliphatic heterocycles. The largest absolute Gasteiger partial charge is 0.392 e. The first-order valence-corrected chi connectivity index (χ1v) is 7.22. The summed E-state index contributed by atoms with van der Waals surface area (Å²) in [5.41, 5.74) is 3.16. The summed E-state index contributed by atoms with van der Waals surface area (Å²) in [4.78, 5) is 0. The molecule has 2 rings (SSSR count). The molecule has 1 unspecified atom stereocenters. The lowest BCUT2D eigenvalue weighted by molar-refractivity contribution is 0.281. The van der Waals surface area contributed by atoms with Crippen LogP contribution >= 0.6 is 23.2 Å². The Morgan fingerprint density at radius 3 is 2.50 bits per heavy atom.